The van der Waals surface area contributed by atoms with Gasteiger partial charge in [0.25, 0.3) is 0 Å². The molecule has 6 nitrogen and oxygen atoms in total. The Hall–Kier alpha value is -2.24. The molecule has 0 saturated carbocycles. The minimum Gasteiger partial charge on any atom is -0.454 e. The third kappa shape index (κ3) is 2.53. The highest BCUT2D eigenvalue weighted by molar-refractivity contribution is 5.89. The Kier molecular flexibility index (Phi) is 3.36. The van der Waals surface area contributed by atoms with Gasteiger partial charge in [0, 0.05) is 26.0 Å². The molecule has 0 aromatic carbocycles. The summed E-state index contributed by atoms with van der Waals surface area (Å²) in [7, 11) is 1.81. The van der Waals surface area contributed by atoms with E-state index in [1.165, 1.54) is 0 Å². The van der Waals surface area contributed by atoms with E-state index in [2.05, 4.69) is 5.10 Å². The van der Waals surface area contributed by atoms with Crippen LogP contribution >= 0.6 is 0 Å². The van der Waals surface area contributed by atoms with Gasteiger partial charge in [0.05, 0.1) is 11.4 Å². The lowest BCUT2D eigenvalue weighted by Crippen LogP contribution is -2.11. The number of nitrogens with two attached hydrogens (primary N) is 1. The highest BCUT2D eigenvalue weighted by atomic mass is 16.5. The summed E-state index contributed by atoms with van der Waals surface area (Å²) < 4.78 is 8.61. The SMILES string of the molecule is CCn1cc(N)cc1C(=O)OCc1ccn(C)n1. The molecule has 2 heterocycles. The maximum absolute atomic E-state index is 11.9. The van der Waals surface area contributed by atoms with Crippen molar-refractivity contribution >= 4 is 11.7 Å². The lowest BCUT2D eigenvalue weighted by molar-refractivity contribution is 0.0454. The van der Waals surface area contributed by atoms with Crippen LogP contribution in [0.15, 0.2) is 24.5 Å². The van der Waals surface area contributed by atoms with Crippen molar-refractivity contribution in [2.75, 3.05) is 5.73 Å². The number of aryl methyl sites for hydroxylation is 2. The lowest BCUT2D eigenvalue weighted by atomic mass is 10.4. The molecule has 0 atom stereocenters. The summed E-state index contributed by atoms with van der Waals surface area (Å²) in [6, 6.07) is 3.42. The number of carbonyl (C=O) groups is 1. The number of esters is 1. The summed E-state index contributed by atoms with van der Waals surface area (Å²) in [4.78, 5) is 11.9. The predicted molar refractivity (Wildman–Crippen MR) is 66.8 cm³/mol. The van der Waals surface area contributed by atoms with Gasteiger partial charge in [-0.15, -0.1) is 0 Å². The number of anilines is 1. The molecular weight excluding hydrogens is 232 g/mol. The van der Waals surface area contributed by atoms with Crippen molar-refractivity contribution in [2.24, 2.45) is 7.05 Å². The fraction of sp³-hybridized carbons (Fsp3) is 0.333. The second-order valence-electron chi connectivity index (χ2n) is 4.00. The Labute approximate surface area is 105 Å². The van der Waals surface area contributed by atoms with Crippen LogP contribution in [0.1, 0.15) is 23.1 Å². The number of ether oxygens (including phenoxy) is 1. The van der Waals surface area contributed by atoms with E-state index in [0.29, 0.717) is 23.6 Å². The van der Waals surface area contributed by atoms with Crippen LogP contribution in [0.3, 0.4) is 0 Å². The molecular formula is C12H16N4O2. The van der Waals surface area contributed by atoms with E-state index < -0.39 is 0 Å². The molecule has 0 radical (unpaired) electrons. The highest BCUT2D eigenvalue weighted by Gasteiger charge is 2.14. The van der Waals surface area contributed by atoms with Gasteiger partial charge in [0.1, 0.15) is 12.3 Å². The molecule has 2 aromatic rings. The van der Waals surface area contributed by atoms with Gasteiger partial charge in [-0.2, -0.15) is 5.10 Å². The highest BCUT2D eigenvalue weighted by Crippen LogP contribution is 2.12. The zero-order valence-electron chi connectivity index (χ0n) is 10.5. The van der Waals surface area contributed by atoms with E-state index in [4.69, 9.17) is 10.5 Å². The Morgan fingerprint density at radius 1 is 1.56 bits per heavy atom. The average molecular weight is 248 g/mol. The van der Waals surface area contributed by atoms with Crippen LogP contribution in [-0.4, -0.2) is 20.3 Å². The summed E-state index contributed by atoms with van der Waals surface area (Å²) in [5, 5.41) is 4.13. The molecule has 0 fully saturated rings. The second kappa shape index (κ2) is 4.95. The van der Waals surface area contributed by atoms with Crippen LogP contribution < -0.4 is 5.73 Å². The molecule has 0 spiro atoms. The molecule has 2 aromatic heterocycles. The van der Waals surface area contributed by atoms with Crippen molar-refractivity contribution in [1.82, 2.24) is 14.3 Å². The molecule has 0 aliphatic rings. The van der Waals surface area contributed by atoms with Crippen LogP contribution in [0.5, 0.6) is 0 Å². The maximum Gasteiger partial charge on any atom is 0.355 e. The molecule has 6 heteroatoms. The number of hydrogen-bond donors (Lipinski definition) is 1. The van der Waals surface area contributed by atoms with Crippen molar-refractivity contribution in [3.63, 3.8) is 0 Å². The van der Waals surface area contributed by atoms with Gasteiger partial charge in [-0.1, -0.05) is 0 Å². The molecule has 0 bridgehead atoms. The molecule has 2 rings (SSSR count). The first-order valence-electron chi connectivity index (χ1n) is 5.71. The van der Waals surface area contributed by atoms with E-state index in [-0.39, 0.29) is 12.6 Å². The molecule has 96 valence electrons. The third-order valence-electron chi connectivity index (χ3n) is 2.59. The lowest BCUT2D eigenvalue weighted by Gasteiger charge is -2.05. The number of hydrogen-bond acceptors (Lipinski definition) is 4. The number of nitrogen functional groups attached to an aromatic ring is 1. The largest absolute Gasteiger partial charge is 0.454 e. The van der Waals surface area contributed by atoms with Crippen molar-refractivity contribution < 1.29 is 9.53 Å². The summed E-state index contributed by atoms with van der Waals surface area (Å²) >= 11 is 0. The monoisotopic (exact) mass is 248 g/mol. The number of aromatic nitrogens is 3. The predicted octanol–water partition coefficient (Wildman–Crippen LogP) is 1.18. The normalized spacial score (nSPS) is 10.6. The van der Waals surface area contributed by atoms with E-state index in [9.17, 15) is 4.79 Å². The quantitative estimate of drug-likeness (QED) is 0.824. The van der Waals surface area contributed by atoms with Crippen molar-refractivity contribution in [1.29, 1.82) is 0 Å². The molecule has 0 unspecified atom stereocenters. The van der Waals surface area contributed by atoms with Gasteiger partial charge in [-0.05, 0) is 19.1 Å². The third-order valence-corrected chi connectivity index (χ3v) is 2.59. The number of carbonyl (C=O) groups excluding carboxylic acids is 1. The topological polar surface area (TPSA) is 75.1 Å². The van der Waals surface area contributed by atoms with Crippen LogP contribution in [0.25, 0.3) is 0 Å². The molecule has 0 saturated heterocycles. The van der Waals surface area contributed by atoms with Crippen molar-refractivity contribution in [2.45, 2.75) is 20.1 Å². The zero-order valence-corrected chi connectivity index (χ0v) is 10.5. The molecule has 0 amide bonds. The molecule has 18 heavy (non-hydrogen) atoms. The Balaban J connectivity index is 2.03. The van der Waals surface area contributed by atoms with Gasteiger partial charge in [-0.25, -0.2) is 4.79 Å². The first-order valence-corrected chi connectivity index (χ1v) is 5.71. The van der Waals surface area contributed by atoms with Crippen LogP contribution in [-0.2, 0) is 24.9 Å². The minimum absolute atomic E-state index is 0.161. The van der Waals surface area contributed by atoms with Crippen LogP contribution in [0, 0.1) is 0 Å². The van der Waals surface area contributed by atoms with E-state index in [1.807, 2.05) is 14.0 Å². The van der Waals surface area contributed by atoms with E-state index in [1.54, 1.807) is 33.8 Å². The zero-order chi connectivity index (χ0) is 13.1. The summed E-state index contributed by atoms with van der Waals surface area (Å²) in [6.07, 6.45) is 3.52. The standard InChI is InChI=1S/C12H16N4O2/c1-3-16-7-9(13)6-11(16)12(17)18-8-10-4-5-15(2)14-10/h4-7H,3,8,13H2,1-2H3. The first-order chi connectivity index (χ1) is 8.60. The second-order valence-corrected chi connectivity index (χ2v) is 4.00. The summed E-state index contributed by atoms with van der Waals surface area (Å²) in [5.41, 5.74) is 7.40. The van der Waals surface area contributed by atoms with Gasteiger partial charge in [-0.3, -0.25) is 4.68 Å². The van der Waals surface area contributed by atoms with E-state index in [0.717, 1.165) is 0 Å². The summed E-state index contributed by atoms with van der Waals surface area (Å²) in [6.45, 7) is 2.77. The fourth-order valence-electron chi connectivity index (χ4n) is 1.72. The van der Waals surface area contributed by atoms with Crippen molar-refractivity contribution in [3.8, 4) is 0 Å². The average Bonchev–Trinajstić information content (AvgIpc) is 2.92. The van der Waals surface area contributed by atoms with E-state index >= 15 is 0 Å². The van der Waals surface area contributed by atoms with Crippen LogP contribution in [0.2, 0.25) is 0 Å². The molecule has 0 aliphatic carbocycles. The Morgan fingerprint density at radius 2 is 2.33 bits per heavy atom. The minimum atomic E-state index is -0.390. The molecule has 2 N–H and O–H groups in total. The van der Waals surface area contributed by atoms with Gasteiger partial charge in [0.15, 0.2) is 0 Å². The Morgan fingerprint density at radius 3 is 2.94 bits per heavy atom. The van der Waals surface area contributed by atoms with Gasteiger partial charge in [0.2, 0.25) is 0 Å². The maximum atomic E-state index is 11.9. The first kappa shape index (κ1) is 12.2. The smallest absolute Gasteiger partial charge is 0.355 e. The summed E-state index contributed by atoms with van der Waals surface area (Å²) in [5.74, 6) is -0.390. The Bertz CT molecular complexity index is 556. The number of rotatable bonds is 4. The van der Waals surface area contributed by atoms with Crippen LogP contribution in [0.4, 0.5) is 5.69 Å². The number of nitrogens with zero attached hydrogens (tertiary/aromatic N) is 3. The van der Waals surface area contributed by atoms with Gasteiger partial charge >= 0.3 is 5.97 Å². The molecule has 0 aliphatic heterocycles. The fourth-order valence-corrected chi connectivity index (χ4v) is 1.72. The van der Waals surface area contributed by atoms with Gasteiger partial charge < -0.3 is 15.0 Å². The van der Waals surface area contributed by atoms with Crippen molar-refractivity contribution in [3.05, 3.63) is 35.9 Å².